The zero-order valence-electron chi connectivity index (χ0n) is 36.0. The summed E-state index contributed by atoms with van der Waals surface area (Å²) >= 11 is 0. The minimum Gasteiger partial charge on any atom is -0.454 e. The Morgan fingerprint density at radius 1 is 0.453 bits per heavy atom. The highest BCUT2D eigenvalue weighted by atomic mass is 16.5. The number of fused-ring (bicyclic) bond motifs is 5. The van der Waals surface area contributed by atoms with Gasteiger partial charge in [-0.25, -0.2) is 0 Å². The van der Waals surface area contributed by atoms with E-state index >= 15 is 0 Å². The molecule has 0 atom stereocenters. The van der Waals surface area contributed by atoms with Crippen molar-refractivity contribution in [1.29, 1.82) is 0 Å². The Morgan fingerprint density at radius 3 is 1.83 bits per heavy atom. The first-order valence-electron chi connectivity index (χ1n) is 22.4. The molecule has 12 rings (SSSR count). The highest BCUT2D eigenvalue weighted by Crippen LogP contribution is 2.57. The summed E-state index contributed by atoms with van der Waals surface area (Å²) in [4.78, 5) is 4.78. The zero-order chi connectivity index (χ0) is 42.8. The first kappa shape index (κ1) is 37.8. The van der Waals surface area contributed by atoms with Gasteiger partial charge >= 0.3 is 0 Å². The fourth-order valence-electron chi connectivity index (χ4n) is 10.3. The van der Waals surface area contributed by atoms with E-state index in [1.807, 2.05) is 0 Å². The van der Waals surface area contributed by atoms with Crippen LogP contribution in [0.3, 0.4) is 0 Å². The van der Waals surface area contributed by atoms with E-state index in [9.17, 15) is 0 Å². The summed E-state index contributed by atoms with van der Waals surface area (Å²) in [6.45, 7) is 4.68. The second-order valence-electron chi connectivity index (χ2n) is 17.6. The molecule has 64 heavy (non-hydrogen) atoms. The molecule has 0 radical (unpaired) electrons. The molecule has 0 unspecified atom stereocenters. The van der Waals surface area contributed by atoms with Crippen LogP contribution in [0.1, 0.15) is 37.8 Å². The molecular formula is C61H46N2O. The number of rotatable bonds is 8. The van der Waals surface area contributed by atoms with Crippen molar-refractivity contribution >= 4 is 39.2 Å². The number of hydrogen-bond donors (Lipinski definition) is 0. The molecule has 0 bridgehead atoms. The fourth-order valence-corrected chi connectivity index (χ4v) is 10.3. The molecule has 1 aliphatic heterocycles. The molecule has 0 fully saturated rings. The van der Waals surface area contributed by atoms with Crippen LogP contribution in [0.2, 0.25) is 0 Å². The van der Waals surface area contributed by atoms with Crippen molar-refractivity contribution in [2.75, 3.05) is 9.80 Å². The van der Waals surface area contributed by atoms with Gasteiger partial charge in [-0.05, 0) is 129 Å². The number of ether oxygens (including phenoxy) is 1. The Bertz CT molecular complexity index is 3310. The summed E-state index contributed by atoms with van der Waals surface area (Å²) in [5.41, 5.74) is 18.7. The third kappa shape index (κ3) is 6.19. The van der Waals surface area contributed by atoms with E-state index in [0.717, 1.165) is 74.7 Å². The lowest BCUT2D eigenvalue weighted by molar-refractivity contribution is 0.488. The second kappa shape index (κ2) is 15.2. The SMILES string of the molecule is CC1(C)c2ccccc2-c2cc(N(c3ccc(-c4ccc(-c5ccccc5)cc4)cc3)c3ccc4cccc5c4c3Oc3cccc(N(C4=CCCC=C4)c4ccccc4)c3-5)ccc21. The number of nitrogens with zero attached hydrogens (tertiary/aromatic N) is 2. The maximum atomic E-state index is 7.34. The molecule has 2 aliphatic carbocycles. The lowest BCUT2D eigenvalue weighted by atomic mass is 9.82. The minimum atomic E-state index is -0.0987. The van der Waals surface area contributed by atoms with Crippen LogP contribution in [0.4, 0.5) is 28.4 Å². The van der Waals surface area contributed by atoms with Gasteiger partial charge in [0.1, 0.15) is 5.75 Å². The largest absolute Gasteiger partial charge is 0.454 e. The smallest absolute Gasteiger partial charge is 0.159 e. The summed E-state index contributed by atoms with van der Waals surface area (Å²) in [6, 6.07) is 72.7. The van der Waals surface area contributed by atoms with Crippen molar-refractivity contribution in [3.05, 3.63) is 235 Å². The van der Waals surface area contributed by atoms with Crippen LogP contribution < -0.4 is 14.5 Å². The minimum absolute atomic E-state index is 0.0987. The van der Waals surface area contributed by atoms with Gasteiger partial charge in [0, 0.05) is 39.1 Å². The van der Waals surface area contributed by atoms with Crippen molar-refractivity contribution in [2.24, 2.45) is 0 Å². The Labute approximate surface area is 375 Å². The molecule has 1 heterocycles. The van der Waals surface area contributed by atoms with Crippen LogP contribution in [-0.4, -0.2) is 0 Å². The highest BCUT2D eigenvalue weighted by molar-refractivity contribution is 6.11. The van der Waals surface area contributed by atoms with E-state index in [1.54, 1.807) is 0 Å². The zero-order valence-corrected chi connectivity index (χ0v) is 36.0. The van der Waals surface area contributed by atoms with E-state index in [4.69, 9.17) is 4.74 Å². The molecular weight excluding hydrogens is 777 g/mol. The quantitative estimate of drug-likeness (QED) is 0.152. The van der Waals surface area contributed by atoms with Gasteiger partial charge in [-0.1, -0.05) is 172 Å². The fraction of sp³-hybridized carbons (Fsp3) is 0.0820. The molecule has 306 valence electrons. The summed E-state index contributed by atoms with van der Waals surface area (Å²) in [5.74, 6) is 1.69. The average Bonchev–Trinajstić information content (AvgIpc) is 3.58. The van der Waals surface area contributed by atoms with Gasteiger partial charge in [0.05, 0.1) is 11.4 Å². The van der Waals surface area contributed by atoms with Crippen LogP contribution in [0, 0.1) is 0 Å². The topological polar surface area (TPSA) is 15.7 Å². The predicted molar refractivity (Wildman–Crippen MR) is 268 cm³/mol. The van der Waals surface area contributed by atoms with Gasteiger partial charge < -0.3 is 14.5 Å². The second-order valence-corrected chi connectivity index (χ2v) is 17.6. The third-order valence-electron chi connectivity index (χ3n) is 13.5. The van der Waals surface area contributed by atoms with Crippen LogP contribution in [0.25, 0.3) is 55.3 Å². The van der Waals surface area contributed by atoms with E-state index in [2.05, 4.69) is 242 Å². The molecule has 3 heteroatoms. The Morgan fingerprint density at radius 2 is 1.08 bits per heavy atom. The molecule has 0 aromatic heterocycles. The number of allylic oxidation sites excluding steroid dienone is 3. The molecule has 0 saturated carbocycles. The van der Waals surface area contributed by atoms with Crippen LogP contribution >= 0.6 is 0 Å². The van der Waals surface area contributed by atoms with Crippen molar-refractivity contribution in [3.63, 3.8) is 0 Å². The lowest BCUT2D eigenvalue weighted by Gasteiger charge is -2.34. The number of anilines is 5. The van der Waals surface area contributed by atoms with Crippen molar-refractivity contribution in [3.8, 4) is 56.0 Å². The Hall–Kier alpha value is -7.88. The van der Waals surface area contributed by atoms with Gasteiger partial charge in [0.15, 0.2) is 5.75 Å². The molecule has 9 aromatic carbocycles. The Balaban J connectivity index is 1.03. The van der Waals surface area contributed by atoms with Crippen LogP contribution in [-0.2, 0) is 5.41 Å². The van der Waals surface area contributed by atoms with Crippen molar-refractivity contribution in [2.45, 2.75) is 32.1 Å². The van der Waals surface area contributed by atoms with Gasteiger partial charge in [0.25, 0.3) is 0 Å². The van der Waals surface area contributed by atoms with Crippen molar-refractivity contribution < 1.29 is 4.74 Å². The van der Waals surface area contributed by atoms with E-state index in [1.165, 1.54) is 50.2 Å². The van der Waals surface area contributed by atoms with E-state index in [0.29, 0.717) is 0 Å². The van der Waals surface area contributed by atoms with Gasteiger partial charge in [-0.15, -0.1) is 0 Å². The first-order chi connectivity index (χ1) is 31.5. The van der Waals surface area contributed by atoms with Gasteiger partial charge in [-0.2, -0.15) is 0 Å². The third-order valence-corrected chi connectivity index (χ3v) is 13.5. The summed E-state index contributed by atoms with van der Waals surface area (Å²) in [7, 11) is 0. The molecule has 0 N–H and O–H groups in total. The maximum absolute atomic E-state index is 7.34. The standard InChI is InChI=1S/C61H46N2O/c1-61(2)53-25-13-12-23-50(53)52-40-49(37-38-54(52)61)63(48-35-32-44(33-36-48)43-30-28-42(29-31-43)41-16-6-3-7-17-41)56-39-34-45-18-14-24-51-58(45)60(56)64-57-27-15-26-55(59(51)57)62(46-19-8-4-9-20-46)47-21-10-5-11-22-47/h3-4,6-10,12-40H,5,11H2,1-2H3. The van der Waals surface area contributed by atoms with Crippen LogP contribution in [0.5, 0.6) is 11.5 Å². The number of para-hydroxylation sites is 1. The maximum Gasteiger partial charge on any atom is 0.159 e. The molecule has 0 saturated heterocycles. The van der Waals surface area contributed by atoms with Crippen LogP contribution in [0.15, 0.2) is 224 Å². The van der Waals surface area contributed by atoms with Gasteiger partial charge in [-0.3, -0.25) is 0 Å². The molecule has 0 spiro atoms. The van der Waals surface area contributed by atoms with Gasteiger partial charge in [0.2, 0.25) is 0 Å². The number of hydrogen-bond acceptors (Lipinski definition) is 3. The average molecular weight is 823 g/mol. The highest BCUT2D eigenvalue weighted by Gasteiger charge is 2.36. The van der Waals surface area contributed by atoms with Crippen molar-refractivity contribution in [1.82, 2.24) is 0 Å². The number of benzene rings is 9. The Kier molecular flexibility index (Phi) is 8.98. The predicted octanol–water partition coefficient (Wildman–Crippen LogP) is 17.1. The van der Waals surface area contributed by atoms with E-state index in [-0.39, 0.29) is 5.41 Å². The molecule has 0 amide bonds. The summed E-state index contributed by atoms with van der Waals surface area (Å²) in [6.07, 6.45) is 8.94. The molecule has 3 nitrogen and oxygen atoms in total. The lowest BCUT2D eigenvalue weighted by Crippen LogP contribution is -2.18. The van der Waals surface area contributed by atoms with E-state index < -0.39 is 0 Å². The molecule has 3 aliphatic rings. The summed E-state index contributed by atoms with van der Waals surface area (Å²) < 4.78 is 7.34. The normalized spacial score (nSPS) is 13.9. The summed E-state index contributed by atoms with van der Waals surface area (Å²) in [5, 5.41) is 2.24. The monoisotopic (exact) mass is 822 g/mol. The molecule has 9 aromatic rings. The first-order valence-corrected chi connectivity index (χ1v) is 22.4.